The molecule has 0 spiro atoms. The molecule has 10 rings (SSSR count). The number of rotatable bonds is 8. The number of nitrogens with zero attached hydrogens (tertiary/aromatic N) is 6. The van der Waals surface area contributed by atoms with E-state index in [-0.39, 0.29) is 53.7 Å². The summed E-state index contributed by atoms with van der Waals surface area (Å²) in [7, 11) is 1.75. The van der Waals surface area contributed by atoms with Crippen LogP contribution in [0.1, 0.15) is 107 Å². The number of morpholine rings is 1. The van der Waals surface area contributed by atoms with E-state index < -0.39 is 29.7 Å². The van der Waals surface area contributed by atoms with Crippen LogP contribution in [0.5, 0.6) is 0 Å². The first-order valence-corrected chi connectivity index (χ1v) is 21.8. The number of benzene rings is 2. The third-order valence-electron chi connectivity index (χ3n) is 14.2. The molecule has 4 saturated heterocycles. The predicted molar refractivity (Wildman–Crippen MR) is 222 cm³/mol. The molecule has 2 N–H and O–H groups in total. The van der Waals surface area contributed by atoms with Gasteiger partial charge in [0.05, 0.1) is 41.2 Å². The van der Waals surface area contributed by atoms with Crippen LogP contribution in [0.4, 0.5) is 24.5 Å². The van der Waals surface area contributed by atoms with Gasteiger partial charge in [-0.2, -0.15) is 13.2 Å². The standard InChI is InChI=1S/C45H49F3N8O6/c1-52-40-31(4-2-6-35(40)56(44(52)61)36-12-13-39(57)51-42(36)59)26-14-16-53(17-15-26)21-25-8-10-28(11-9-25)55-22-27-18-34(50-41(58)33-5-3-7-38(49-33)45(46,47)48)37(20-32(27)43(55)60)54-23-30-19-29(54)24-62-30/h2-7,18,20,25-26,28-30,36H,8-17,19,21-24H2,1H3,(H,50,58)(H,51,57,59)/t25-,28-,29-,30-,36?/m1/s1. The van der Waals surface area contributed by atoms with Crippen LogP contribution >= 0.6 is 0 Å². The molecule has 5 aliphatic heterocycles. The van der Waals surface area contributed by atoms with Crippen molar-refractivity contribution in [2.24, 2.45) is 13.0 Å². The molecule has 62 heavy (non-hydrogen) atoms. The SMILES string of the molecule is Cn1c(=O)n(C2CCC(=O)NC2=O)c2cccc(C3CCN(C[C@H]4CC[C@H](N5Cc6cc(NC(=O)c7cccc(C(F)(F)F)n7)c(N7C[C@H]8C[C@@H]7CO8)cc6C5=O)CC4)CC3)c21. The fourth-order valence-corrected chi connectivity index (χ4v) is 11.1. The van der Waals surface area contributed by atoms with Gasteiger partial charge in [-0.25, -0.2) is 9.78 Å². The first-order chi connectivity index (χ1) is 29.8. The lowest BCUT2D eigenvalue weighted by atomic mass is 9.83. The molecular formula is C45H49F3N8O6. The zero-order valence-electron chi connectivity index (χ0n) is 34.5. The number of halogens is 3. The zero-order chi connectivity index (χ0) is 43.0. The molecule has 2 bridgehead atoms. The molecule has 3 atom stereocenters. The summed E-state index contributed by atoms with van der Waals surface area (Å²) < 4.78 is 49.3. The molecule has 2 aromatic carbocycles. The minimum absolute atomic E-state index is 0.0362. The van der Waals surface area contributed by atoms with Gasteiger partial charge in [0, 0.05) is 44.7 Å². The number of imide groups is 1. The minimum atomic E-state index is -4.69. The Labute approximate surface area is 355 Å². The number of fused-ring (bicyclic) bond motifs is 4. The zero-order valence-corrected chi connectivity index (χ0v) is 34.5. The third kappa shape index (κ3) is 7.25. The molecule has 0 radical (unpaired) electrons. The second-order valence-electron chi connectivity index (χ2n) is 18.0. The maximum Gasteiger partial charge on any atom is 0.433 e. The summed E-state index contributed by atoms with van der Waals surface area (Å²) in [5.74, 6) is -0.787. The highest BCUT2D eigenvalue weighted by molar-refractivity contribution is 6.07. The van der Waals surface area contributed by atoms with Gasteiger partial charge in [0.1, 0.15) is 17.4 Å². The average Bonchev–Trinajstić information content (AvgIpc) is 4.04. The van der Waals surface area contributed by atoms with Crippen molar-refractivity contribution in [1.82, 2.24) is 29.2 Å². The fraction of sp³-hybridized carbons (Fsp3) is 0.511. The highest BCUT2D eigenvalue weighted by atomic mass is 19.4. The van der Waals surface area contributed by atoms with Crippen molar-refractivity contribution in [2.75, 3.05) is 43.0 Å². The van der Waals surface area contributed by atoms with Gasteiger partial charge < -0.3 is 24.8 Å². The van der Waals surface area contributed by atoms with Crippen LogP contribution in [0.3, 0.4) is 0 Å². The number of alkyl halides is 3. The number of hydrogen-bond donors (Lipinski definition) is 2. The number of pyridine rings is 1. The summed E-state index contributed by atoms with van der Waals surface area (Å²) in [6.07, 6.45) is 2.30. The van der Waals surface area contributed by atoms with Gasteiger partial charge in [-0.3, -0.25) is 33.6 Å². The number of amides is 4. The number of nitrogens with one attached hydrogen (secondary N) is 2. The Kier molecular flexibility index (Phi) is 10.2. The van der Waals surface area contributed by atoms with Gasteiger partial charge >= 0.3 is 11.9 Å². The van der Waals surface area contributed by atoms with Crippen LogP contribution in [0, 0.1) is 5.92 Å². The van der Waals surface area contributed by atoms with E-state index >= 15 is 0 Å². The number of aryl methyl sites for hydroxylation is 1. The molecule has 1 saturated carbocycles. The Hall–Kier alpha value is -5.55. The van der Waals surface area contributed by atoms with Gasteiger partial charge in [0.2, 0.25) is 11.8 Å². The minimum Gasteiger partial charge on any atom is -0.374 e. The quantitative estimate of drug-likeness (QED) is 0.224. The van der Waals surface area contributed by atoms with E-state index in [0.29, 0.717) is 49.0 Å². The van der Waals surface area contributed by atoms with Crippen molar-refractivity contribution in [2.45, 2.75) is 101 Å². The van der Waals surface area contributed by atoms with Gasteiger partial charge in [0.25, 0.3) is 11.8 Å². The smallest absolute Gasteiger partial charge is 0.374 e. The van der Waals surface area contributed by atoms with E-state index in [1.54, 1.807) is 16.2 Å². The number of anilines is 2. The van der Waals surface area contributed by atoms with Gasteiger partial charge in [-0.1, -0.05) is 18.2 Å². The molecular weight excluding hydrogens is 806 g/mol. The number of aromatic nitrogens is 3. The summed E-state index contributed by atoms with van der Waals surface area (Å²) in [5, 5.41) is 5.23. The molecule has 17 heteroatoms. The maximum absolute atomic E-state index is 14.1. The van der Waals surface area contributed by atoms with Gasteiger partial charge in [0.15, 0.2) is 0 Å². The highest BCUT2D eigenvalue weighted by Crippen LogP contribution is 2.43. The maximum atomic E-state index is 14.1. The molecule has 326 valence electrons. The van der Waals surface area contributed by atoms with E-state index in [1.807, 2.05) is 29.2 Å². The number of hydrogen-bond acceptors (Lipinski definition) is 9. The topological polar surface area (TPSA) is 151 Å². The van der Waals surface area contributed by atoms with Crippen molar-refractivity contribution in [3.8, 4) is 0 Å². The number of piperidine rings is 2. The Balaban J connectivity index is 0.779. The fourth-order valence-electron chi connectivity index (χ4n) is 11.1. The number of carbonyl (C=O) groups is 4. The van der Waals surface area contributed by atoms with E-state index in [4.69, 9.17) is 4.74 Å². The Morgan fingerprint density at radius 3 is 2.42 bits per heavy atom. The Morgan fingerprint density at radius 2 is 1.71 bits per heavy atom. The van der Waals surface area contributed by atoms with Crippen molar-refractivity contribution >= 4 is 46.0 Å². The van der Waals surface area contributed by atoms with Crippen molar-refractivity contribution in [3.05, 3.63) is 87.1 Å². The number of ether oxygens (including phenoxy) is 1. The Morgan fingerprint density at radius 1 is 0.935 bits per heavy atom. The molecule has 7 heterocycles. The second kappa shape index (κ2) is 15.7. The summed E-state index contributed by atoms with van der Waals surface area (Å²) in [5.41, 5.74) is 3.40. The van der Waals surface area contributed by atoms with Crippen LogP contribution < -0.4 is 21.2 Å². The number of para-hydroxylation sites is 1. The van der Waals surface area contributed by atoms with Crippen molar-refractivity contribution in [3.63, 3.8) is 0 Å². The van der Waals surface area contributed by atoms with Crippen LogP contribution in [-0.2, 0) is 34.1 Å². The molecule has 14 nitrogen and oxygen atoms in total. The monoisotopic (exact) mass is 854 g/mol. The van der Waals surface area contributed by atoms with Crippen molar-refractivity contribution in [1.29, 1.82) is 0 Å². The van der Waals surface area contributed by atoms with Crippen LogP contribution in [0.2, 0.25) is 0 Å². The third-order valence-corrected chi connectivity index (χ3v) is 14.2. The summed E-state index contributed by atoms with van der Waals surface area (Å²) in [6.45, 7) is 4.35. The van der Waals surface area contributed by atoms with Crippen LogP contribution in [0.15, 0.2) is 53.3 Å². The van der Waals surface area contributed by atoms with E-state index in [2.05, 4.69) is 31.5 Å². The van der Waals surface area contributed by atoms with Gasteiger partial charge in [-0.05, 0) is 118 Å². The molecule has 5 fully saturated rings. The van der Waals surface area contributed by atoms with Crippen molar-refractivity contribution < 1.29 is 37.1 Å². The second-order valence-corrected chi connectivity index (χ2v) is 18.0. The first-order valence-electron chi connectivity index (χ1n) is 21.8. The van der Waals surface area contributed by atoms with E-state index in [1.165, 1.54) is 12.1 Å². The molecule has 6 aliphatic rings. The predicted octanol–water partition coefficient (Wildman–Crippen LogP) is 5.36. The molecule has 2 aromatic heterocycles. The molecule has 1 aliphatic carbocycles. The van der Waals surface area contributed by atoms with Crippen LogP contribution in [0.25, 0.3) is 11.0 Å². The lowest BCUT2D eigenvalue weighted by Crippen LogP contribution is -2.44. The molecule has 4 aromatic rings. The Bertz CT molecular complexity index is 2540. The normalized spacial score (nSPS) is 25.8. The summed E-state index contributed by atoms with van der Waals surface area (Å²) in [4.78, 5) is 75.8. The number of imidazole rings is 1. The van der Waals surface area contributed by atoms with Gasteiger partial charge in [-0.15, -0.1) is 0 Å². The molecule has 4 amide bonds. The summed E-state index contributed by atoms with van der Waals surface area (Å²) >= 11 is 0. The average molecular weight is 855 g/mol. The lowest BCUT2D eigenvalue weighted by molar-refractivity contribution is -0.141. The first kappa shape index (κ1) is 40.5. The molecule has 1 unspecified atom stereocenters. The number of likely N-dealkylation sites (tertiary alicyclic amines) is 1. The highest BCUT2D eigenvalue weighted by Gasteiger charge is 2.43. The van der Waals surface area contributed by atoms with Crippen LogP contribution in [-0.4, -0.2) is 98.5 Å². The van der Waals surface area contributed by atoms with E-state index in [9.17, 15) is 37.1 Å². The lowest BCUT2D eigenvalue weighted by Gasteiger charge is -2.38. The summed E-state index contributed by atoms with van der Waals surface area (Å²) in [6, 6.07) is 12.3. The number of carbonyl (C=O) groups excluding carboxylic acids is 4. The largest absolute Gasteiger partial charge is 0.433 e. The van der Waals surface area contributed by atoms with E-state index in [0.717, 1.165) is 92.8 Å².